The van der Waals surface area contributed by atoms with Crippen LogP contribution in [0, 0.1) is 5.92 Å². The first kappa shape index (κ1) is 9.93. The standard InChI is InChI=1S/C10H17NO3/c1-11(2)6-3-4-7(11)9(10(13)14)8(12)5-6/h6-9,12H,3-5H2,1-2H3/t6?,7?,8-,9-/m0/s1. The van der Waals surface area contributed by atoms with Crippen LogP contribution in [-0.2, 0) is 4.79 Å². The Kier molecular flexibility index (Phi) is 2.08. The van der Waals surface area contributed by atoms with Crippen LogP contribution in [0.5, 0.6) is 0 Å². The maximum Gasteiger partial charge on any atom is 0.0997 e. The van der Waals surface area contributed by atoms with Gasteiger partial charge in [0.1, 0.15) is 0 Å². The number of aliphatic hydroxyl groups is 1. The number of hydrogen-bond acceptors (Lipinski definition) is 3. The summed E-state index contributed by atoms with van der Waals surface area (Å²) in [7, 11) is 4.12. The molecule has 4 heteroatoms. The molecule has 0 saturated carbocycles. The zero-order valence-electron chi connectivity index (χ0n) is 8.64. The molecule has 14 heavy (non-hydrogen) atoms. The SMILES string of the molecule is C[N+]1(C)C2CCC1[C@H](C(=O)[O-])[C@@H](O)C2. The van der Waals surface area contributed by atoms with Gasteiger partial charge in [0, 0.05) is 19.3 Å². The van der Waals surface area contributed by atoms with Crippen molar-refractivity contribution in [1.29, 1.82) is 0 Å². The molecule has 4 atom stereocenters. The molecule has 2 unspecified atom stereocenters. The number of piperidine rings is 1. The van der Waals surface area contributed by atoms with Crippen LogP contribution in [0.4, 0.5) is 0 Å². The van der Waals surface area contributed by atoms with E-state index in [0.29, 0.717) is 12.5 Å². The largest absolute Gasteiger partial charge is 0.550 e. The lowest BCUT2D eigenvalue weighted by atomic mass is 9.86. The number of carbonyl (C=O) groups excluding carboxylic acids is 1. The molecule has 0 radical (unpaired) electrons. The van der Waals surface area contributed by atoms with Crippen LogP contribution in [0.25, 0.3) is 0 Å². The Labute approximate surface area is 83.7 Å². The van der Waals surface area contributed by atoms with Crippen molar-refractivity contribution in [2.24, 2.45) is 5.92 Å². The van der Waals surface area contributed by atoms with E-state index in [-0.39, 0.29) is 6.04 Å². The fraction of sp³-hybridized carbons (Fsp3) is 0.900. The molecule has 2 heterocycles. The Bertz CT molecular complexity index is 264. The molecule has 2 fully saturated rings. The van der Waals surface area contributed by atoms with Crippen LogP contribution < -0.4 is 5.11 Å². The predicted molar refractivity (Wildman–Crippen MR) is 48.0 cm³/mol. The number of aliphatic hydroxyl groups excluding tert-OH is 1. The number of nitrogens with zero attached hydrogens (tertiary/aromatic N) is 1. The summed E-state index contributed by atoms with van der Waals surface area (Å²) < 4.78 is 0.732. The first-order valence-electron chi connectivity index (χ1n) is 5.17. The highest BCUT2D eigenvalue weighted by molar-refractivity contribution is 5.69. The van der Waals surface area contributed by atoms with Crippen LogP contribution >= 0.6 is 0 Å². The van der Waals surface area contributed by atoms with E-state index in [1.165, 1.54) is 0 Å². The Morgan fingerprint density at radius 2 is 2.07 bits per heavy atom. The van der Waals surface area contributed by atoms with Gasteiger partial charge < -0.3 is 19.5 Å². The van der Waals surface area contributed by atoms with Gasteiger partial charge in [0.05, 0.1) is 44.2 Å². The van der Waals surface area contributed by atoms with Gasteiger partial charge in [-0.2, -0.15) is 0 Å². The molecule has 0 aromatic rings. The molecule has 2 aliphatic rings. The number of carboxylic acid groups (broad SMARTS) is 1. The second-order valence-corrected chi connectivity index (χ2v) is 5.08. The van der Waals surface area contributed by atoms with Gasteiger partial charge in [-0.15, -0.1) is 0 Å². The molecule has 2 rings (SSSR count). The lowest BCUT2D eigenvalue weighted by molar-refractivity contribution is -0.934. The molecule has 0 aliphatic carbocycles. The second-order valence-electron chi connectivity index (χ2n) is 5.08. The highest BCUT2D eigenvalue weighted by Gasteiger charge is 2.54. The molecule has 2 saturated heterocycles. The topological polar surface area (TPSA) is 60.4 Å². The smallest absolute Gasteiger partial charge is 0.0997 e. The van der Waals surface area contributed by atoms with E-state index in [1.54, 1.807) is 0 Å². The van der Waals surface area contributed by atoms with Gasteiger partial charge >= 0.3 is 0 Å². The van der Waals surface area contributed by atoms with Crippen molar-refractivity contribution >= 4 is 5.97 Å². The summed E-state index contributed by atoms with van der Waals surface area (Å²) in [6.07, 6.45) is 1.82. The molecule has 0 amide bonds. The zero-order valence-corrected chi connectivity index (χ0v) is 8.64. The highest BCUT2D eigenvalue weighted by Crippen LogP contribution is 2.42. The highest BCUT2D eigenvalue weighted by atomic mass is 16.4. The number of hydrogen-bond donors (Lipinski definition) is 1. The van der Waals surface area contributed by atoms with Crippen molar-refractivity contribution in [1.82, 2.24) is 0 Å². The average Bonchev–Trinajstić information content (AvgIpc) is 2.30. The van der Waals surface area contributed by atoms with Crippen molar-refractivity contribution in [3.8, 4) is 0 Å². The molecular formula is C10H17NO3. The summed E-state index contributed by atoms with van der Waals surface area (Å²) in [6, 6.07) is 0.458. The summed E-state index contributed by atoms with van der Waals surface area (Å²) in [5, 5.41) is 20.7. The first-order valence-corrected chi connectivity index (χ1v) is 5.17. The minimum atomic E-state index is -1.09. The summed E-state index contributed by atoms with van der Waals surface area (Å²) in [4.78, 5) is 11.0. The molecule has 2 aliphatic heterocycles. The quantitative estimate of drug-likeness (QED) is 0.535. The Hall–Kier alpha value is -0.610. The van der Waals surface area contributed by atoms with E-state index < -0.39 is 18.0 Å². The first-order chi connectivity index (χ1) is 6.44. The predicted octanol–water partition coefficient (Wildman–Crippen LogP) is -1.28. The van der Waals surface area contributed by atoms with E-state index in [0.717, 1.165) is 17.3 Å². The Balaban J connectivity index is 2.30. The van der Waals surface area contributed by atoms with Crippen LogP contribution in [0.1, 0.15) is 19.3 Å². The van der Waals surface area contributed by atoms with Gasteiger partial charge in [-0.05, 0) is 0 Å². The number of carbonyl (C=O) groups is 1. The Morgan fingerprint density at radius 1 is 1.43 bits per heavy atom. The monoisotopic (exact) mass is 199 g/mol. The number of carboxylic acids is 1. The third-order valence-electron chi connectivity index (χ3n) is 4.21. The van der Waals surface area contributed by atoms with Gasteiger partial charge in [-0.3, -0.25) is 0 Å². The van der Waals surface area contributed by atoms with Crippen molar-refractivity contribution in [2.45, 2.75) is 37.5 Å². The summed E-state index contributed by atoms with van der Waals surface area (Å²) in [5.74, 6) is -1.77. The van der Waals surface area contributed by atoms with Crippen LogP contribution in [0.3, 0.4) is 0 Å². The van der Waals surface area contributed by atoms with E-state index in [4.69, 9.17) is 0 Å². The van der Waals surface area contributed by atoms with Gasteiger partial charge in [0.25, 0.3) is 0 Å². The van der Waals surface area contributed by atoms with E-state index in [9.17, 15) is 15.0 Å². The van der Waals surface area contributed by atoms with Crippen LogP contribution in [0.2, 0.25) is 0 Å². The summed E-state index contributed by atoms with van der Waals surface area (Å²) in [5.41, 5.74) is 0. The lowest BCUT2D eigenvalue weighted by Gasteiger charge is -2.47. The van der Waals surface area contributed by atoms with Crippen molar-refractivity contribution < 1.29 is 19.5 Å². The van der Waals surface area contributed by atoms with Crippen LogP contribution in [-0.4, -0.2) is 47.8 Å². The number of rotatable bonds is 1. The number of fused-ring (bicyclic) bond motifs is 2. The summed E-state index contributed by atoms with van der Waals surface area (Å²) in [6.45, 7) is 0. The van der Waals surface area contributed by atoms with Gasteiger partial charge in [0.15, 0.2) is 0 Å². The molecule has 4 nitrogen and oxygen atoms in total. The fourth-order valence-corrected chi connectivity index (χ4v) is 3.28. The summed E-state index contributed by atoms with van der Waals surface area (Å²) >= 11 is 0. The number of quaternary nitrogens is 1. The maximum absolute atomic E-state index is 11.0. The molecule has 1 N–H and O–H groups in total. The minimum Gasteiger partial charge on any atom is -0.550 e. The van der Waals surface area contributed by atoms with Crippen molar-refractivity contribution in [3.05, 3.63) is 0 Å². The normalized spacial score (nSPS) is 45.1. The van der Waals surface area contributed by atoms with Crippen LogP contribution in [0.15, 0.2) is 0 Å². The van der Waals surface area contributed by atoms with Crippen molar-refractivity contribution in [2.75, 3.05) is 14.1 Å². The van der Waals surface area contributed by atoms with Gasteiger partial charge in [0.2, 0.25) is 0 Å². The van der Waals surface area contributed by atoms with Crippen molar-refractivity contribution in [3.63, 3.8) is 0 Å². The molecule has 0 aromatic carbocycles. The molecule has 0 spiro atoms. The third kappa shape index (κ3) is 1.17. The van der Waals surface area contributed by atoms with E-state index >= 15 is 0 Å². The molecule has 0 aromatic heterocycles. The van der Waals surface area contributed by atoms with E-state index in [2.05, 4.69) is 14.1 Å². The third-order valence-corrected chi connectivity index (χ3v) is 4.21. The Morgan fingerprint density at radius 3 is 2.64 bits per heavy atom. The molecular weight excluding hydrogens is 182 g/mol. The fourth-order valence-electron chi connectivity index (χ4n) is 3.28. The second kappa shape index (κ2) is 2.94. The molecule has 80 valence electrons. The average molecular weight is 199 g/mol. The lowest BCUT2D eigenvalue weighted by Crippen LogP contribution is -2.63. The van der Waals surface area contributed by atoms with Gasteiger partial charge in [-0.1, -0.05) is 0 Å². The number of aliphatic carboxylic acids is 1. The van der Waals surface area contributed by atoms with Gasteiger partial charge in [-0.25, -0.2) is 0 Å². The minimum absolute atomic E-state index is 0.0359. The zero-order chi connectivity index (χ0) is 10.5. The molecule has 2 bridgehead atoms. The maximum atomic E-state index is 11.0. The van der Waals surface area contributed by atoms with E-state index in [1.807, 2.05) is 0 Å².